The van der Waals surface area contributed by atoms with Gasteiger partial charge in [0.15, 0.2) is 0 Å². The largest absolute Gasteiger partial charge is 0.465 e. The van der Waals surface area contributed by atoms with E-state index in [0.717, 1.165) is 6.54 Å². The number of carboxylic acid groups (broad SMARTS) is 1. The number of hydrogen-bond acceptors (Lipinski definition) is 2. The lowest BCUT2D eigenvalue weighted by molar-refractivity contribution is 0.0394. The molecule has 15 heavy (non-hydrogen) atoms. The standard InChI is InChI=1S/C11H22N2O2/c1-4-5-6-13-9(2)7-12(11(14)15)8-10(13)3/h9-10H,4-8H2,1-3H3,(H,14,15)/t9-,10+. The molecule has 0 saturated carbocycles. The Kier molecular flexibility index (Phi) is 4.39. The van der Waals surface area contributed by atoms with Gasteiger partial charge in [-0.05, 0) is 26.8 Å². The van der Waals surface area contributed by atoms with Crippen LogP contribution in [0.4, 0.5) is 4.79 Å². The fourth-order valence-corrected chi connectivity index (χ4v) is 2.29. The van der Waals surface area contributed by atoms with Gasteiger partial charge >= 0.3 is 6.09 Å². The quantitative estimate of drug-likeness (QED) is 0.780. The summed E-state index contributed by atoms with van der Waals surface area (Å²) in [5.41, 5.74) is 0. The minimum atomic E-state index is -0.788. The van der Waals surface area contributed by atoms with E-state index in [1.807, 2.05) is 0 Å². The molecule has 0 spiro atoms. The van der Waals surface area contributed by atoms with E-state index >= 15 is 0 Å². The summed E-state index contributed by atoms with van der Waals surface area (Å²) in [5, 5.41) is 8.94. The van der Waals surface area contributed by atoms with Crippen molar-refractivity contribution in [2.75, 3.05) is 19.6 Å². The van der Waals surface area contributed by atoms with Crippen molar-refractivity contribution < 1.29 is 9.90 Å². The Morgan fingerprint density at radius 2 is 1.87 bits per heavy atom. The van der Waals surface area contributed by atoms with Crippen LogP contribution in [0, 0.1) is 0 Å². The summed E-state index contributed by atoms with van der Waals surface area (Å²) < 4.78 is 0. The van der Waals surface area contributed by atoms with Crippen LogP contribution in [0.2, 0.25) is 0 Å². The summed E-state index contributed by atoms with van der Waals surface area (Å²) in [5.74, 6) is 0. The van der Waals surface area contributed by atoms with Crippen molar-refractivity contribution in [2.45, 2.75) is 45.7 Å². The molecule has 4 heteroatoms. The predicted octanol–water partition coefficient (Wildman–Crippen LogP) is 1.86. The van der Waals surface area contributed by atoms with Crippen LogP contribution >= 0.6 is 0 Å². The number of amides is 1. The minimum absolute atomic E-state index is 0.344. The van der Waals surface area contributed by atoms with Gasteiger partial charge in [0.1, 0.15) is 0 Å². The molecule has 0 unspecified atom stereocenters. The Bertz CT molecular complexity index is 209. The molecule has 1 saturated heterocycles. The average molecular weight is 214 g/mol. The molecule has 0 radical (unpaired) electrons. The highest BCUT2D eigenvalue weighted by Crippen LogP contribution is 2.16. The normalized spacial score (nSPS) is 28.1. The molecule has 1 rings (SSSR count). The molecule has 1 fully saturated rings. The molecule has 1 heterocycles. The van der Waals surface area contributed by atoms with Gasteiger partial charge in [-0.1, -0.05) is 13.3 Å². The zero-order valence-electron chi connectivity index (χ0n) is 9.94. The fourth-order valence-electron chi connectivity index (χ4n) is 2.29. The molecule has 0 aromatic carbocycles. The van der Waals surface area contributed by atoms with Gasteiger partial charge in [-0.3, -0.25) is 4.90 Å². The number of carbonyl (C=O) groups is 1. The zero-order valence-corrected chi connectivity index (χ0v) is 9.94. The second kappa shape index (κ2) is 5.35. The third kappa shape index (κ3) is 3.09. The summed E-state index contributed by atoms with van der Waals surface area (Å²) in [6, 6.07) is 0.688. The lowest BCUT2D eigenvalue weighted by atomic mass is 10.1. The van der Waals surface area contributed by atoms with Crippen LogP contribution in [-0.2, 0) is 0 Å². The Balaban J connectivity index is 2.52. The highest BCUT2D eigenvalue weighted by Gasteiger charge is 2.30. The van der Waals surface area contributed by atoms with Gasteiger partial charge in [-0.2, -0.15) is 0 Å². The summed E-state index contributed by atoms with van der Waals surface area (Å²) in [4.78, 5) is 14.8. The van der Waals surface area contributed by atoms with Gasteiger partial charge < -0.3 is 10.0 Å². The third-order valence-corrected chi connectivity index (χ3v) is 3.14. The van der Waals surface area contributed by atoms with Crippen molar-refractivity contribution >= 4 is 6.09 Å². The fraction of sp³-hybridized carbons (Fsp3) is 0.909. The van der Waals surface area contributed by atoms with Crippen molar-refractivity contribution in [3.8, 4) is 0 Å². The lowest BCUT2D eigenvalue weighted by Crippen LogP contribution is -2.57. The monoisotopic (exact) mass is 214 g/mol. The van der Waals surface area contributed by atoms with Gasteiger partial charge in [0.2, 0.25) is 0 Å². The van der Waals surface area contributed by atoms with Gasteiger partial charge in [0.25, 0.3) is 0 Å². The highest BCUT2D eigenvalue weighted by molar-refractivity contribution is 5.65. The van der Waals surface area contributed by atoms with Crippen LogP contribution < -0.4 is 0 Å². The first kappa shape index (κ1) is 12.3. The van der Waals surface area contributed by atoms with Crippen LogP contribution in [-0.4, -0.2) is 52.7 Å². The van der Waals surface area contributed by atoms with Crippen LogP contribution in [0.3, 0.4) is 0 Å². The molecule has 1 aliphatic rings. The smallest absolute Gasteiger partial charge is 0.407 e. The molecule has 1 amide bonds. The zero-order chi connectivity index (χ0) is 11.4. The second-order valence-corrected chi connectivity index (χ2v) is 4.48. The van der Waals surface area contributed by atoms with Crippen LogP contribution in [0.1, 0.15) is 33.6 Å². The number of rotatable bonds is 3. The van der Waals surface area contributed by atoms with Crippen LogP contribution in [0.5, 0.6) is 0 Å². The Morgan fingerprint density at radius 1 is 1.33 bits per heavy atom. The first-order chi connectivity index (χ1) is 7.06. The van der Waals surface area contributed by atoms with E-state index in [2.05, 4.69) is 25.7 Å². The molecule has 2 atom stereocenters. The van der Waals surface area contributed by atoms with Crippen LogP contribution in [0.15, 0.2) is 0 Å². The van der Waals surface area contributed by atoms with E-state index in [9.17, 15) is 4.79 Å². The lowest BCUT2D eigenvalue weighted by Gasteiger charge is -2.43. The van der Waals surface area contributed by atoms with Crippen LogP contribution in [0.25, 0.3) is 0 Å². The van der Waals surface area contributed by atoms with E-state index in [4.69, 9.17) is 5.11 Å². The Morgan fingerprint density at radius 3 is 2.27 bits per heavy atom. The molecule has 0 bridgehead atoms. The summed E-state index contributed by atoms with van der Waals surface area (Å²) >= 11 is 0. The van der Waals surface area contributed by atoms with Gasteiger partial charge in [-0.15, -0.1) is 0 Å². The summed E-state index contributed by atoms with van der Waals surface area (Å²) in [6.45, 7) is 8.78. The third-order valence-electron chi connectivity index (χ3n) is 3.14. The molecule has 0 aliphatic carbocycles. The highest BCUT2D eigenvalue weighted by atomic mass is 16.4. The topological polar surface area (TPSA) is 43.8 Å². The Labute approximate surface area is 91.9 Å². The van der Waals surface area contributed by atoms with Crippen molar-refractivity contribution in [3.05, 3.63) is 0 Å². The number of piperazine rings is 1. The maximum atomic E-state index is 10.9. The molecular weight excluding hydrogens is 192 g/mol. The van der Waals surface area contributed by atoms with E-state index in [0.29, 0.717) is 25.2 Å². The molecule has 0 aromatic heterocycles. The van der Waals surface area contributed by atoms with Crippen molar-refractivity contribution in [3.63, 3.8) is 0 Å². The predicted molar refractivity (Wildman–Crippen MR) is 60.1 cm³/mol. The first-order valence-corrected chi connectivity index (χ1v) is 5.79. The molecule has 88 valence electrons. The number of unbranched alkanes of at least 4 members (excludes halogenated alkanes) is 1. The van der Waals surface area contributed by atoms with E-state index < -0.39 is 6.09 Å². The minimum Gasteiger partial charge on any atom is -0.465 e. The number of nitrogens with zero attached hydrogens (tertiary/aromatic N) is 2. The van der Waals surface area contributed by atoms with Gasteiger partial charge in [0.05, 0.1) is 0 Å². The summed E-state index contributed by atoms with van der Waals surface area (Å²) in [6.07, 6.45) is 1.60. The van der Waals surface area contributed by atoms with Crippen molar-refractivity contribution in [2.24, 2.45) is 0 Å². The molecule has 4 nitrogen and oxygen atoms in total. The van der Waals surface area contributed by atoms with Gasteiger partial charge in [-0.25, -0.2) is 4.79 Å². The first-order valence-electron chi connectivity index (χ1n) is 5.79. The maximum absolute atomic E-state index is 10.9. The SMILES string of the molecule is CCCCN1[C@H](C)CN(C(=O)O)C[C@@H]1C. The van der Waals surface area contributed by atoms with E-state index in [-0.39, 0.29) is 0 Å². The van der Waals surface area contributed by atoms with Crippen molar-refractivity contribution in [1.82, 2.24) is 9.80 Å². The Hall–Kier alpha value is -0.770. The summed E-state index contributed by atoms with van der Waals surface area (Å²) in [7, 11) is 0. The van der Waals surface area contributed by atoms with E-state index in [1.54, 1.807) is 0 Å². The number of hydrogen-bond donors (Lipinski definition) is 1. The second-order valence-electron chi connectivity index (χ2n) is 4.48. The maximum Gasteiger partial charge on any atom is 0.407 e. The average Bonchev–Trinajstić information content (AvgIpc) is 2.16. The van der Waals surface area contributed by atoms with E-state index in [1.165, 1.54) is 17.7 Å². The molecular formula is C11H22N2O2. The molecule has 1 aliphatic heterocycles. The molecule has 1 N–H and O–H groups in total. The van der Waals surface area contributed by atoms with Gasteiger partial charge in [0, 0.05) is 25.2 Å². The molecule has 0 aromatic rings. The van der Waals surface area contributed by atoms with Crippen molar-refractivity contribution in [1.29, 1.82) is 0 Å².